The Balaban J connectivity index is 1.91. The lowest BCUT2D eigenvalue weighted by Gasteiger charge is -2.37. The number of fused-ring (bicyclic) bond motifs is 3. The summed E-state index contributed by atoms with van der Waals surface area (Å²) in [5.74, 6) is 0. The summed E-state index contributed by atoms with van der Waals surface area (Å²) < 4.78 is 29.8. The number of hydrogen-bond donors (Lipinski definition) is 1. The van der Waals surface area contributed by atoms with E-state index in [9.17, 15) is 8.42 Å². The summed E-state index contributed by atoms with van der Waals surface area (Å²) in [5, 5.41) is 1.16. The minimum atomic E-state index is -3.60. The number of H-pyrrole nitrogens is 1. The van der Waals surface area contributed by atoms with Crippen LogP contribution in [0.5, 0.6) is 0 Å². The Labute approximate surface area is 160 Å². The zero-order valence-electron chi connectivity index (χ0n) is 15.6. The van der Waals surface area contributed by atoms with Crippen molar-refractivity contribution in [1.29, 1.82) is 0 Å². The van der Waals surface area contributed by atoms with E-state index in [4.69, 9.17) is 0 Å². The van der Waals surface area contributed by atoms with Crippen molar-refractivity contribution in [3.63, 3.8) is 0 Å². The first kappa shape index (κ1) is 18.2. The van der Waals surface area contributed by atoms with Gasteiger partial charge in [-0.2, -0.15) is 17.0 Å². The Morgan fingerprint density at radius 3 is 2.59 bits per heavy atom. The Kier molecular flexibility index (Phi) is 4.75. The quantitative estimate of drug-likeness (QED) is 0.735. The van der Waals surface area contributed by atoms with Gasteiger partial charge in [-0.05, 0) is 30.2 Å². The number of pyridine rings is 1. The lowest BCUT2D eigenvalue weighted by molar-refractivity contribution is 0.298. The maximum atomic E-state index is 13.4. The highest BCUT2D eigenvalue weighted by Gasteiger charge is 2.41. The largest absolute Gasteiger partial charge is 0.356 e. The fraction of sp³-hybridized carbons (Fsp3) is 0.350. The number of nitrogens with one attached hydrogen (secondary N) is 1. The molecule has 0 saturated heterocycles. The number of benzene rings is 1. The summed E-state index contributed by atoms with van der Waals surface area (Å²) in [5.41, 5.74) is 3.88. The van der Waals surface area contributed by atoms with E-state index in [1.54, 1.807) is 10.5 Å². The third kappa shape index (κ3) is 2.96. The second kappa shape index (κ2) is 7.07. The van der Waals surface area contributed by atoms with Gasteiger partial charge in [-0.3, -0.25) is 4.98 Å². The minimum absolute atomic E-state index is 0.439. The van der Waals surface area contributed by atoms with Crippen LogP contribution < -0.4 is 0 Å². The average molecular weight is 385 g/mol. The molecule has 2 aromatic heterocycles. The van der Waals surface area contributed by atoms with Crippen molar-refractivity contribution in [2.75, 3.05) is 19.6 Å². The number of hydrogen-bond acceptors (Lipinski definition) is 3. The van der Waals surface area contributed by atoms with Crippen molar-refractivity contribution < 1.29 is 8.42 Å². The molecule has 142 valence electrons. The first-order chi connectivity index (χ1) is 13.1. The third-order valence-corrected chi connectivity index (χ3v) is 7.44. The number of rotatable bonds is 5. The third-order valence-electron chi connectivity index (χ3n) is 5.29. The molecule has 3 heterocycles. The van der Waals surface area contributed by atoms with Gasteiger partial charge in [-0.1, -0.05) is 38.1 Å². The molecule has 27 heavy (non-hydrogen) atoms. The molecule has 4 rings (SSSR count). The normalized spacial score (nSPS) is 18.1. The van der Waals surface area contributed by atoms with Crippen molar-refractivity contribution >= 4 is 21.1 Å². The molecule has 1 aromatic carbocycles. The van der Waals surface area contributed by atoms with Gasteiger partial charge in [0.1, 0.15) is 6.04 Å². The van der Waals surface area contributed by atoms with Crippen LogP contribution in [0.2, 0.25) is 0 Å². The second-order valence-corrected chi connectivity index (χ2v) is 8.55. The van der Waals surface area contributed by atoms with E-state index in [-0.39, 0.29) is 0 Å². The maximum absolute atomic E-state index is 13.4. The smallest absolute Gasteiger partial charge is 0.282 e. The molecule has 1 N–H and O–H groups in total. The summed E-state index contributed by atoms with van der Waals surface area (Å²) in [6, 6.07) is 13.3. The first-order valence-electron chi connectivity index (χ1n) is 9.35. The molecule has 0 amide bonds. The maximum Gasteiger partial charge on any atom is 0.282 e. The van der Waals surface area contributed by atoms with Gasteiger partial charge < -0.3 is 4.98 Å². The molecule has 0 aliphatic carbocycles. The number of nitrogens with zero attached hydrogens (tertiary/aromatic N) is 3. The van der Waals surface area contributed by atoms with Crippen LogP contribution in [0.3, 0.4) is 0 Å². The summed E-state index contributed by atoms with van der Waals surface area (Å²) in [6.07, 6.45) is 2.40. The first-order valence-corrected chi connectivity index (χ1v) is 10.7. The van der Waals surface area contributed by atoms with E-state index >= 15 is 0 Å². The molecule has 0 saturated carbocycles. The molecular weight excluding hydrogens is 360 g/mol. The van der Waals surface area contributed by atoms with E-state index in [1.807, 2.05) is 50.2 Å². The van der Waals surface area contributed by atoms with E-state index in [1.165, 1.54) is 9.87 Å². The summed E-state index contributed by atoms with van der Waals surface area (Å²) in [6.45, 7) is 5.08. The molecule has 1 aliphatic rings. The van der Waals surface area contributed by atoms with Gasteiger partial charge in [0.2, 0.25) is 0 Å². The standard InChI is InChI=1S/C20H24N4O2S/c1-3-23(4-2)27(25,26)24-14-12-16-15-9-5-6-10-17(15)22-19(16)20(24)18-11-7-8-13-21-18/h5-11,13,20,22H,3-4,12,14H2,1-2H3. The SMILES string of the molecule is CCN(CC)S(=O)(=O)N1CCc2c([nH]c3ccccc23)C1c1ccccn1. The Morgan fingerprint density at radius 1 is 1.15 bits per heavy atom. The van der Waals surface area contributed by atoms with Crippen molar-refractivity contribution in [2.45, 2.75) is 26.3 Å². The molecule has 7 heteroatoms. The van der Waals surface area contributed by atoms with Gasteiger partial charge in [0, 0.05) is 42.4 Å². The highest BCUT2D eigenvalue weighted by Crippen LogP contribution is 2.39. The predicted octanol–water partition coefficient (Wildman–Crippen LogP) is 3.10. The molecule has 1 aliphatic heterocycles. The van der Waals surface area contributed by atoms with Crippen molar-refractivity contribution in [3.05, 3.63) is 65.6 Å². The molecule has 0 radical (unpaired) electrons. The van der Waals surface area contributed by atoms with Crippen LogP contribution >= 0.6 is 0 Å². The average Bonchev–Trinajstić information content (AvgIpc) is 3.07. The zero-order chi connectivity index (χ0) is 19.0. The van der Waals surface area contributed by atoms with E-state index in [0.717, 1.165) is 22.3 Å². The van der Waals surface area contributed by atoms with Crippen LogP contribution in [0, 0.1) is 0 Å². The second-order valence-electron chi connectivity index (χ2n) is 6.67. The summed E-state index contributed by atoms with van der Waals surface area (Å²) in [4.78, 5) is 7.98. The summed E-state index contributed by atoms with van der Waals surface area (Å²) >= 11 is 0. The molecule has 1 atom stereocenters. The van der Waals surface area contributed by atoms with E-state index in [2.05, 4.69) is 16.0 Å². The van der Waals surface area contributed by atoms with Gasteiger partial charge in [0.25, 0.3) is 10.2 Å². The predicted molar refractivity (Wildman–Crippen MR) is 107 cm³/mol. The molecule has 3 aromatic rings. The Bertz CT molecular complexity index is 1040. The minimum Gasteiger partial charge on any atom is -0.356 e. The highest BCUT2D eigenvalue weighted by molar-refractivity contribution is 7.86. The van der Waals surface area contributed by atoms with Crippen LogP contribution in [-0.2, 0) is 16.6 Å². The molecule has 6 nitrogen and oxygen atoms in total. The van der Waals surface area contributed by atoms with Crippen LogP contribution in [0.15, 0.2) is 48.7 Å². The monoisotopic (exact) mass is 384 g/mol. The number of aromatic nitrogens is 2. The lowest BCUT2D eigenvalue weighted by Crippen LogP contribution is -2.48. The van der Waals surface area contributed by atoms with E-state index in [0.29, 0.717) is 26.1 Å². The van der Waals surface area contributed by atoms with Gasteiger partial charge in [0.15, 0.2) is 0 Å². The zero-order valence-corrected chi connectivity index (χ0v) is 16.4. The van der Waals surface area contributed by atoms with Gasteiger partial charge in [-0.15, -0.1) is 0 Å². The Morgan fingerprint density at radius 2 is 1.89 bits per heavy atom. The van der Waals surface area contributed by atoms with Gasteiger partial charge in [-0.25, -0.2) is 0 Å². The van der Waals surface area contributed by atoms with Crippen molar-refractivity contribution in [1.82, 2.24) is 18.6 Å². The topological polar surface area (TPSA) is 69.3 Å². The van der Waals surface area contributed by atoms with Crippen LogP contribution in [0.4, 0.5) is 0 Å². The van der Waals surface area contributed by atoms with Crippen molar-refractivity contribution in [2.24, 2.45) is 0 Å². The van der Waals surface area contributed by atoms with Crippen LogP contribution in [0.25, 0.3) is 10.9 Å². The van der Waals surface area contributed by atoms with Crippen LogP contribution in [0.1, 0.15) is 36.8 Å². The molecule has 0 spiro atoms. The van der Waals surface area contributed by atoms with Gasteiger partial charge >= 0.3 is 0 Å². The number of aromatic amines is 1. The fourth-order valence-electron chi connectivity index (χ4n) is 4.00. The molecule has 0 fully saturated rings. The Hall–Kier alpha value is -2.22. The van der Waals surface area contributed by atoms with Crippen molar-refractivity contribution in [3.8, 4) is 0 Å². The lowest BCUT2D eigenvalue weighted by atomic mass is 9.97. The van der Waals surface area contributed by atoms with Crippen LogP contribution in [-0.4, -0.2) is 46.6 Å². The molecule has 0 bridgehead atoms. The highest BCUT2D eigenvalue weighted by atomic mass is 32.2. The summed E-state index contributed by atoms with van der Waals surface area (Å²) in [7, 11) is -3.60. The van der Waals surface area contributed by atoms with Gasteiger partial charge in [0.05, 0.1) is 5.69 Å². The molecule has 1 unspecified atom stereocenters. The number of para-hydroxylation sites is 1. The van der Waals surface area contributed by atoms with E-state index < -0.39 is 16.3 Å². The fourth-order valence-corrected chi connectivity index (χ4v) is 5.75. The molecular formula is C20H24N4O2S.